The van der Waals surface area contributed by atoms with Gasteiger partial charge in [-0.05, 0) is 12.1 Å². The number of aliphatic hydroxyl groups excluding tert-OH is 1. The molecule has 0 spiro atoms. The lowest BCUT2D eigenvalue weighted by molar-refractivity contribution is -0.123. The molecule has 6 nitrogen and oxygen atoms in total. The van der Waals surface area contributed by atoms with Crippen LogP contribution in [0.1, 0.15) is 10.4 Å². The summed E-state index contributed by atoms with van der Waals surface area (Å²) in [7, 11) is 0. The summed E-state index contributed by atoms with van der Waals surface area (Å²) < 4.78 is 5.30. The van der Waals surface area contributed by atoms with E-state index in [9.17, 15) is 9.59 Å². The van der Waals surface area contributed by atoms with Crippen molar-refractivity contribution in [2.45, 2.75) is 6.10 Å². The van der Waals surface area contributed by atoms with E-state index < -0.39 is 5.91 Å². The van der Waals surface area contributed by atoms with Crippen molar-refractivity contribution in [2.75, 3.05) is 32.8 Å². The molecule has 1 unspecified atom stereocenters. The predicted molar refractivity (Wildman–Crippen MR) is 72.2 cm³/mol. The lowest BCUT2D eigenvalue weighted by atomic mass is 10.2. The summed E-state index contributed by atoms with van der Waals surface area (Å²) in [5.41, 5.74) is 0.455. The van der Waals surface area contributed by atoms with Crippen molar-refractivity contribution >= 4 is 11.8 Å². The number of hydrogen-bond donors (Lipinski definition) is 2. The second-order valence-corrected chi connectivity index (χ2v) is 4.65. The van der Waals surface area contributed by atoms with E-state index in [-0.39, 0.29) is 25.2 Å². The second-order valence-electron chi connectivity index (χ2n) is 4.65. The van der Waals surface area contributed by atoms with Gasteiger partial charge >= 0.3 is 0 Å². The van der Waals surface area contributed by atoms with E-state index in [4.69, 9.17) is 9.84 Å². The topological polar surface area (TPSA) is 78.9 Å². The Kier molecular flexibility index (Phi) is 5.23. The van der Waals surface area contributed by atoms with Gasteiger partial charge in [0.25, 0.3) is 5.91 Å². The van der Waals surface area contributed by atoms with Crippen LogP contribution in [0.25, 0.3) is 0 Å². The first-order valence-electron chi connectivity index (χ1n) is 6.53. The molecule has 1 aliphatic heterocycles. The molecule has 2 N–H and O–H groups in total. The van der Waals surface area contributed by atoms with Gasteiger partial charge < -0.3 is 9.84 Å². The summed E-state index contributed by atoms with van der Waals surface area (Å²) >= 11 is 0. The van der Waals surface area contributed by atoms with Crippen LogP contribution in [0.5, 0.6) is 0 Å². The average Bonchev–Trinajstić information content (AvgIpc) is 2.48. The van der Waals surface area contributed by atoms with Crippen molar-refractivity contribution in [2.24, 2.45) is 0 Å². The monoisotopic (exact) mass is 278 g/mol. The number of nitrogens with zero attached hydrogens (tertiary/aromatic N) is 1. The van der Waals surface area contributed by atoms with Crippen molar-refractivity contribution < 1.29 is 19.4 Å². The SMILES string of the molecule is O=C(CN1CCOC(CO)C1)NC(=O)c1ccccc1. The summed E-state index contributed by atoms with van der Waals surface area (Å²) in [6.45, 7) is 1.64. The van der Waals surface area contributed by atoms with Gasteiger partial charge in [-0.3, -0.25) is 19.8 Å². The molecule has 1 atom stereocenters. The van der Waals surface area contributed by atoms with E-state index >= 15 is 0 Å². The quantitative estimate of drug-likeness (QED) is 0.786. The molecule has 0 aromatic heterocycles. The van der Waals surface area contributed by atoms with Crippen LogP contribution in [-0.2, 0) is 9.53 Å². The van der Waals surface area contributed by atoms with Gasteiger partial charge in [-0.2, -0.15) is 0 Å². The Morgan fingerprint density at radius 3 is 2.80 bits per heavy atom. The Morgan fingerprint density at radius 2 is 2.10 bits per heavy atom. The number of carbonyl (C=O) groups is 2. The van der Waals surface area contributed by atoms with E-state index in [2.05, 4.69) is 5.32 Å². The number of amides is 2. The van der Waals surface area contributed by atoms with Crippen LogP contribution in [0.3, 0.4) is 0 Å². The van der Waals surface area contributed by atoms with Gasteiger partial charge in [0.05, 0.1) is 25.9 Å². The molecule has 1 aliphatic rings. The first kappa shape index (κ1) is 14.6. The van der Waals surface area contributed by atoms with Gasteiger partial charge in [0.1, 0.15) is 0 Å². The Morgan fingerprint density at radius 1 is 1.35 bits per heavy atom. The van der Waals surface area contributed by atoms with E-state index in [1.165, 1.54) is 0 Å². The van der Waals surface area contributed by atoms with Crippen molar-refractivity contribution in [3.05, 3.63) is 35.9 Å². The zero-order chi connectivity index (χ0) is 14.4. The van der Waals surface area contributed by atoms with Crippen LogP contribution < -0.4 is 5.32 Å². The Labute approximate surface area is 117 Å². The Hall–Kier alpha value is -1.76. The number of benzene rings is 1. The smallest absolute Gasteiger partial charge is 0.257 e. The third kappa shape index (κ3) is 4.12. The van der Waals surface area contributed by atoms with E-state index in [0.29, 0.717) is 25.3 Å². The maximum atomic E-state index is 11.8. The molecule has 0 radical (unpaired) electrons. The molecule has 1 heterocycles. The zero-order valence-electron chi connectivity index (χ0n) is 11.1. The summed E-state index contributed by atoms with van der Waals surface area (Å²) in [6, 6.07) is 8.60. The molecule has 2 amide bonds. The fourth-order valence-electron chi connectivity index (χ4n) is 2.07. The number of rotatable bonds is 4. The summed E-state index contributed by atoms with van der Waals surface area (Å²) in [4.78, 5) is 25.5. The summed E-state index contributed by atoms with van der Waals surface area (Å²) in [6.07, 6.45) is -0.263. The first-order chi connectivity index (χ1) is 9.69. The number of morpholine rings is 1. The number of carbonyl (C=O) groups excluding carboxylic acids is 2. The molecule has 0 saturated carbocycles. The van der Waals surface area contributed by atoms with Crippen LogP contribution in [-0.4, -0.2) is 60.8 Å². The maximum Gasteiger partial charge on any atom is 0.257 e. The molecule has 1 fully saturated rings. The molecular formula is C14H18N2O4. The van der Waals surface area contributed by atoms with E-state index in [1.807, 2.05) is 4.90 Å². The minimum Gasteiger partial charge on any atom is -0.394 e. The van der Waals surface area contributed by atoms with Crippen molar-refractivity contribution in [3.8, 4) is 0 Å². The highest BCUT2D eigenvalue weighted by Crippen LogP contribution is 2.04. The van der Waals surface area contributed by atoms with Gasteiger partial charge in [-0.15, -0.1) is 0 Å². The Bertz CT molecular complexity index is 464. The standard InChI is InChI=1S/C14H18N2O4/c17-10-12-8-16(6-7-20-12)9-13(18)15-14(19)11-4-2-1-3-5-11/h1-5,12,17H,6-10H2,(H,15,18,19). The third-order valence-corrected chi connectivity index (χ3v) is 3.08. The highest BCUT2D eigenvalue weighted by molar-refractivity contribution is 6.05. The normalized spacial score (nSPS) is 19.6. The van der Waals surface area contributed by atoms with Crippen LogP contribution >= 0.6 is 0 Å². The molecule has 1 aromatic carbocycles. The second kappa shape index (κ2) is 7.14. The third-order valence-electron chi connectivity index (χ3n) is 3.08. The fraction of sp³-hybridized carbons (Fsp3) is 0.429. The van der Waals surface area contributed by atoms with Gasteiger partial charge in [-0.1, -0.05) is 18.2 Å². The Balaban J connectivity index is 1.82. The number of imide groups is 1. The molecule has 0 aliphatic carbocycles. The van der Waals surface area contributed by atoms with Crippen molar-refractivity contribution in [1.29, 1.82) is 0 Å². The van der Waals surface area contributed by atoms with Gasteiger partial charge in [0.15, 0.2) is 0 Å². The summed E-state index contributed by atoms with van der Waals surface area (Å²) in [5, 5.41) is 11.4. The van der Waals surface area contributed by atoms with Crippen LogP contribution in [0, 0.1) is 0 Å². The zero-order valence-corrected chi connectivity index (χ0v) is 11.1. The number of aliphatic hydroxyl groups is 1. The van der Waals surface area contributed by atoms with Gasteiger partial charge in [0, 0.05) is 18.7 Å². The van der Waals surface area contributed by atoms with E-state index in [0.717, 1.165) is 0 Å². The summed E-state index contributed by atoms with van der Waals surface area (Å²) in [5.74, 6) is -0.750. The van der Waals surface area contributed by atoms with Crippen LogP contribution in [0.4, 0.5) is 0 Å². The number of nitrogens with one attached hydrogen (secondary N) is 1. The number of ether oxygens (including phenoxy) is 1. The van der Waals surface area contributed by atoms with Crippen molar-refractivity contribution in [3.63, 3.8) is 0 Å². The minimum absolute atomic E-state index is 0.0684. The lowest BCUT2D eigenvalue weighted by Crippen LogP contribution is -2.48. The molecule has 2 rings (SSSR count). The van der Waals surface area contributed by atoms with E-state index in [1.54, 1.807) is 30.3 Å². The van der Waals surface area contributed by atoms with Crippen LogP contribution in [0.15, 0.2) is 30.3 Å². The maximum absolute atomic E-state index is 11.8. The van der Waals surface area contributed by atoms with Gasteiger partial charge in [-0.25, -0.2) is 0 Å². The largest absolute Gasteiger partial charge is 0.394 e. The van der Waals surface area contributed by atoms with Crippen molar-refractivity contribution in [1.82, 2.24) is 10.2 Å². The molecular weight excluding hydrogens is 260 g/mol. The fourth-order valence-corrected chi connectivity index (χ4v) is 2.07. The molecule has 1 saturated heterocycles. The molecule has 6 heteroatoms. The highest BCUT2D eigenvalue weighted by atomic mass is 16.5. The average molecular weight is 278 g/mol. The molecule has 20 heavy (non-hydrogen) atoms. The molecule has 108 valence electrons. The molecule has 0 bridgehead atoms. The van der Waals surface area contributed by atoms with Gasteiger partial charge in [0.2, 0.25) is 5.91 Å². The van der Waals surface area contributed by atoms with Crippen LogP contribution in [0.2, 0.25) is 0 Å². The molecule has 1 aromatic rings. The lowest BCUT2D eigenvalue weighted by Gasteiger charge is -2.31. The highest BCUT2D eigenvalue weighted by Gasteiger charge is 2.22. The number of hydrogen-bond acceptors (Lipinski definition) is 5. The minimum atomic E-state index is -0.400. The first-order valence-corrected chi connectivity index (χ1v) is 6.53. The predicted octanol–water partition coefficient (Wildman–Crippen LogP) is -0.364.